The first-order valence-electron chi connectivity index (χ1n) is 6.63. The minimum Gasteiger partial charge on any atom is -1.00 e. The van der Waals surface area contributed by atoms with Crippen LogP contribution in [0.2, 0.25) is 0 Å². The summed E-state index contributed by atoms with van der Waals surface area (Å²) in [5.41, 5.74) is 2.83. The van der Waals surface area contributed by atoms with Gasteiger partial charge >= 0.3 is 0 Å². The predicted octanol–water partition coefficient (Wildman–Crippen LogP) is 0.857. The Morgan fingerprint density at radius 1 is 0.737 bits per heavy atom. The SMILES string of the molecule is CC[N+](C)(Cc1ccccc1)Cc1ccccc1.[Cl-]. The van der Waals surface area contributed by atoms with Gasteiger partial charge in [0.25, 0.3) is 0 Å². The smallest absolute Gasteiger partial charge is 0.104 e. The summed E-state index contributed by atoms with van der Waals surface area (Å²) in [6.45, 7) is 5.59. The Kier molecular flexibility index (Phi) is 6.07. The van der Waals surface area contributed by atoms with Crippen LogP contribution in [0.15, 0.2) is 60.7 Å². The maximum atomic E-state index is 2.33. The van der Waals surface area contributed by atoms with Crippen LogP contribution in [0.25, 0.3) is 0 Å². The van der Waals surface area contributed by atoms with Crippen molar-refractivity contribution in [2.24, 2.45) is 0 Å². The van der Waals surface area contributed by atoms with E-state index in [1.807, 2.05) is 0 Å². The zero-order chi connectivity index (χ0) is 12.8. The van der Waals surface area contributed by atoms with Crippen molar-refractivity contribution in [2.75, 3.05) is 13.6 Å². The molecule has 2 aromatic carbocycles. The quantitative estimate of drug-likeness (QED) is 0.710. The molecule has 0 heterocycles. The van der Waals surface area contributed by atoms with Crippen LogP contribution in [0.3, 0.4) is 0 Å². The maximum absolute atomic E-state index is 2.33. The van der Waals surface area contributed by atoms with Gasteiger partial charge in [-0.05, 0) is 6.92 Å². The fraction of sp³-hybridized carbons (Fsp3) is 0.294. The summed E-state index contributed by atoms with van der Waals surface area (Å²) in [4.78, 5) is 0. The zero-order valence-corrected chi connectivity index (χ0v) is 12.5. The second-order valence-corrected chi connectivity index (χ2v) is 5.22. The summed E-state index contributed by atoms with van der Waals surface area (Å²) >= 11 is 0. The summed E-state index contributed by atoms with van der Waals surface area (Å²) < 4.78 is 1.05. The lowest BCUT2D eigenvalue weighted by Gasteiger charge is -2.33. The van der Waals surface area contributed by atoms with Crippen molar-refractivity contribution >= 4 is 0 Å². The Hall–Kier alpha value is -1.31. The standard InChI is InChI=1S/C17H22N.ClH/c1-3-18(2,14-16-10-6-4-7-11-16)15-17-12-8-5-9-13-17;/h4-13H,3,14-15H2,1-2H3;1H/q+1;/p-1. The van der Waals surface area contributed by atoms with Crippen molar-refractivity contribution in [1.29, 1.82) is 0 Å². The molecule has 0 spiro atoms. The molecule has 0 N–H and O–H groups in total. The molecule has 0 saturated carbocycles. The summed E-state index contributed by atoms with van der Waals surface area (Å²) in [6, 6.07) is 21.5. The number of benzene rings is 2. The molecule has 0 saturated heterocycles. The van der Waals surface area contributed by atoms with E-state index >= 15 is 0 Å². The van der Waals surface area contributed by atoms with Gasteiger partial charge in [0.1, 0.15) is 13.1 Å². The molecule has 2 aromatic rings. The van der Waals surface area contributed by atoms with E-state index < -0.39 is 0 Å². The highest BCUT2D eigenvalue weighted by Crippen LogP contribution is 2.16. The molecule has 0 amide bonds. The third-order valence-electron chi connectivity index (χ3n) is 3.58. The van der Waals surface area contributed by atoms with Gasteiger partial charge in [0.15, 0.2) is 0 Å². The second kappa shape index (κ2) is 7.32. The normalized spacial score (nSPS) is 10.8. The monoisotopic (exact) mass is 275 g/mol. The first-order valence-corrected chi connectivity index (χ1v) is 6.63. The van der Waals surface area contributed by atoms with Gasteiger partial charge in [0.05, 0.1) is 13.6 Å². The zero-order valence-electron chi connectivity index (χ0n) is 11.7. The number of quaternary nitrogens is 1. The summed E-state index contributed by atoms with van der Waals surface area (Å²) in [6.07, 6.45) is 0. The summed E-state index contributed by atoms with van der Waals surface area (Å²) in [5.74, 6) is 0. The molecular weight excluding hydrogens is 254 g/mol. The molecule has 0 aliphatic rings. The van der Waals surface area contributed by atoms with Crippen LogP contribution < -0.4 is 12.4 Å². The van der Waals surface area contributed by atoms with E-state index in [-0.39, 0.29) is 12.4 Å². The molecule has 1 nitrogen and oxygen atoms in total. The fourth-order valence-electron chi connectivity index (χ4n) is 2.33. The van der Waals surface area contributed by atoms with Crippen molar-refractivity contribution < 1.29 is 16.9 Å². The van der Waals surface area contributed by atoms with Crippen LogP contribution in [0.4, 0.5) is 0 Å². The van der Waals surface area contributed by atoms with E-state index in [2.05, 4.69) is 74.6 Å². The van der Waals surface area contributed by atoms with Crippen LogP contribution in [-0.2, 0) is 13.1 Å². The molecule has 0 aliphatic heterocycles. The second-order valence-electron chi connectivity index (χ2n) is 5.22. The number of nitrogens with zero attached hydrogens (tertiary/aromatic N) is 1. The Morgan fingerprint density at radius 3 is 1.42 bits per heavy atom. The number of hydrogen-bond acceptors (Lipinski definition) is 0. The van der Waals surface area contributed by atoms with Crippen molar-refractivity contribution in [2.45, 2.75) is 20.0 Å². The average Bonchev–Trinajstić information content (AvgIpc) is 2.41. The molecule has 19 heavy (non-hydrogen) atoms. The number of rotatable bonds is 5. The molecule has 0 atom stereocenters. The topological polar surface area (TPSA) is 0 Å². The molecule has 0 fully saturated rings. The third kappa shape index (κ3) is 4.70. The van der Waals surface area contributed by atoms with E-state index in [1.54, 1.807) is 0 Å². The van der Waals surface area contributed by atoms with Gasteiger partial charge in [-0.25, -0.2) is 0 Å². The lowest BCUT2D eigenvalue weighted by Crippen LogP contribution is -3.00. The van der Waals surface area contributed by atoms with Gasteiger partial charge in [-0.1, -0.05) is 60.7 Å². The highest BCUT2D eigenvalue weighted by Gasteiger charge is 2.20. The van der Waals surface area contributed by atoms with Crippen LogP contribution >= 0.6 is 0 Å². The van der Waals surface area contributed by atoms with Crippen molar-refractivity contribution in [1.82, 2.24) is 0 Å². The molecule has 102 valence electrons. The van der Waals surface area contributed by atoms with Gasteiger partial charge in [0, 0.05) is 11.1 Å². The summed E-state index contributed by atoms with van der Waals surface area (Å²) in [7, 11) is 2.33. The Morgan fingerprint density at radius 2 is 1.11 bits per heavy atom. The van der Waals surface area contributed by atoms with E-state index in [4.69, 9.17) is 0 Å². The van der Waals surface area contributed by atoms with E-state index in [1.165, 1.54) is 11.1 Å². The third-order valence-corrected chi connectivity index (χ3v) is 3.58. The number of halogens is 1. The molecule has 2 rings (SSSR count). The molecule has 0 bridgehead atoms. The number of hydrogen-bond donors (Lipinski definition) is 0. The molecule has 0 aliphatic carbocycles. The summed E-state index contributed by atoms with van der Waals surface area (Å²) in [5, 5.41) is 0. The minimum absolute atomic E-state index is 0. The van der Waals surface area contributed by atoms with Crippen molar-refractivity contribution in [3.63, 3.8) is 0 Å². The highest BCUT2D eigenvalue weighted by molar-refractivity contribution is 5.15. The largest absolute Gasteiger partial charge is 1.00 e. The first-order chi connectivity index (χ1) is 8.72. The molecular formula is C17H22ClN. The first kappa shape index (κ1) is 15.7. The van der Waals surface area contributed by atoms with E-state index in [9.17, 15) is 0 Å². The molecule has 2 heteroatoms. The van der Waals surface area contributed by atoms with Gasteiger partial charge in [0.2, 0.25) is 0 Å². The average molecular weight is 276 g/mol. The fourth-order valence-corrected chi connectivity index (χ4v) is 2.33. The van der Waals surface area contributed by atoms with Crippen LogP contribution in [0.1, 0.15) is 18.1 Å². The van der Waals surface area contributed by atoms with E-state index in [0.717, 1.165) is 24.1 Å². The predicted molar refractivity (Wildman–Crippen MR) is 77.0 cm³/mol. The molecule has 0 radical (unpaired) electrons. The van der Waals surface area contributed by atoms with Crippen LogP contribution in [-0.4, -0.2) is 18.1 Å². The van der Waals surface area contributed by atoms with Gasteiger partial charge in [-0.3, -0.25) is 0 Å². The van der Waals surface area contributed by atoms with Crippen molar-refractivity contribution in [3.05, 3.63) is 71.8 Å². The lowest BCUT2D eigenvalue weighted by molar-refractivity contribution is -0.933. The Bertz CT molecular complexity index is 426. The Labute approximate surface area is 122 Å². The van der Waals surface area contributed by atoms with Gasteiger partial charge in [-0.2, -0.15) is 0 Å². The van der Waals surface area contributed by atoms with Crippen molar-refractivity contribution in [3.8, 4) is 0 Å². The van der Waals surface area contributed by atoms with Crippen LogP contribution in [0.5, 0.6) is 0 Å². The van der Waals surface area contributed by atoms with E-state index in [0.29, 0.717) is 0 Å². The lowest BCUT2D eigenvalue weighted by atomic mass is 10.1. The van der Waals surface area contributed by atoms with Gasteiger partial charge in [-0.15, -0.1) is 0 Å². The minimum atomic E-state index is 0. The van der Waals surface area contributed by atoms with Gasteiger partial charge < -0.3 is 16.9 Å². The van der Waals surface area contributed by atoms with Crippen LogP contribution in [0, 0.1) is 0 Å². The Balaban J connectivity index is 0.00000180. The molecule has 0 unspecified atom stereocenters. The highest BCUT2D eigenvalue weighted by atomic mass is 35.5. The maximum Gasteiger partial charge on any atom is 0.104 e. The molecule has 0 aromatic heterocycles.